The molecule has 0 radical (unpaired) electrons. The number of aromatic hydroxyl groups is 1. The lowest BCUT2D eigenvalue weighted by molar-refractivity contribution is 0.191. The van der Waals surface area contributed by atoms with Crippen molar-refractivity contribution < 1.29 is 19.0 Å². The number of pyridine rings is 1. The summed E-state index contributed by atoms with van der Waals surface area (Å²) in [5.41, 5.74) is 1.36. The van der Waals surface area contributed by atoms with Crippen LogP contribution in [0.15, 0.2) is 53.5 Å². The maximum absolute atomic E-state index is 14.2. The van der Waals surface area contributed by atoms with E-state index in [1.54, 1.807) is 25.1 Å². The van der Waals surface area contributed by atoms with Gasteiger partial charge in [0.2, 0.25) is 5.43 Å². The highest BCUT2D eigenvalue weighted by Gasteiger charge is 2.17. The third-order valence-electron chi connectivity index (χ3n) is 4.30. The average molecular weight is 357 g/mol. The zero-order valence-electron chi connectivity index (χ0n) is 14.2. The van der Waals surface area contributed by atoms with Gasteiger partial charge in [-0.05, 0) is 37.1 Å². The van der Waals surface area contributed by atoms with E-state index in [0.29, 0.717) is 16.8 Å². The number of halogens is 2. The van der Waals surface area contributed by atoms with Gasteiger partial charge in [-0.2, -0.15) is 0 Å². The minimum Gasteiger partial charge on any atom is -0.503 e. The Hall–Kier alpha value is -2.99. The van der Waals surface area contributed by atoms with Crippen molar-refractivity contribution in [3.8, 4) is 22.6 Å². The molecule has 0 aliphatic carbocycles. The molecule has 2 aromatic carbocycles. The van der Waals surface area contributed by atoms with Gasteiger partial charge in [0.1, 0.15) is 0 Å². The highest BCUT2D eigenvalue weighted by atomic mass is 19.2. The first-order valence-electron chi connectivity index (χ1n) is 7.99. The molecule has 3 rings (SSSR count). The minimum atomic E-state index is -0.975. The standard InChI is InChI=1S/C20H17F2NO3/c1-11-13(14-6-3-7-15(21)20(14)22)5-4-8-16(11)23-10-19(26)18(25)9-17(23)12(2)24/h3-10,12,24,26H,1-2H3. The Morgan fingerprint density at radius 3 is 2.42 bits per heavy atom. The Balaban J connectivity index is 2.28. The molecule has 1 unspecified atom stereocenters. The average Bonchev–Trinajstić information content (AvgIpc) is 2.60. The molecule has 134 valence electrons. The maximum Gasteiger partial charge on any atom is 0.223 e. The Kier molecular flexibility index (Phi) is 4.61. The molecule has 1 aromatic heterocycles. The fraction of sp³-hybridized carbons (Fsp3) is 0.150. The van der Waals surface area contributed by atoms with E-state index >= 15 is 0 Å². The van der Waals surface area contributed by atoms with Crippen LogP contribution in [-0.4, -0.2) is 14.8 Å². The van der Waals surface area contributed by atoms with Crippen LogP contribution < -0.4 is 5.43 Å². The molecule has 0 saturated carbocycles. The molecule has 0 amide bonds. The van der Waals surface area contributed by atoms with Crippen molar-refractivity contribution >= 4 is 0 Å². The molecule has 0 fully saturated rings. The lowest BCUT2D eigenvalue weighted by atomic mass is 9.98. The summed E-state index contributed by atoms with van der Waals surface area (Å²) in [6, 6.07) is 10.1. The van der Waals surface area contributed by atoms with Crippen LogP contribution in [0.1, 0.15) is 24.3 Å². The fourth-order valence-corrected chi connectivity index (χ4v) is 2.96. The van der Waals surface area contributed by atoms with Gasteiger partial charge < -0.3 is 14.8 Å². The van der Waals surface area contributed by atoms with E-state index in [0.717, 1.165) is 12.1 Å². The second kappa shape index (κ2) is 6.72. The van der Waals surface area contributed by atoms with Crippen LogP contribution in [0.25, 0.3) is 16.8 Å². The van der Waals surface area contributed by atoms with E-state index in [1.807, 2.05) is 0 Å². The van der Waals surface area contributed by atoms with E-state index < -0.39 is 28.9 Å². The third-order valence-corrected chi connectivity index (χ3v) is 4.30. The van der Waals surface area contributed by atoms with Crippen molar-refractivity contribution in [1.82, 2.24) is 4.57 Å². The summed E-state index contributed by atoms with van der Waals surface area (Å²) in [4.78, 5) is 11.7. The predicted molar refractivity (Wildman–Crippen MR) is 94.4 cm³/mol. The van der Waals surface area contributed by atoms with Gasteiger partial charge >= 0.3 is 0 Å². The number of aromatic nitrogens is 1. The van der Waals surface area contributed by atoms with Gasteiger partial charge in [-0.15, -0.1) is 0 Å². The largest absolute Gasteiger partial charge is 0.503 e. The van der Waals surface area contributed by atoms with Gasteiger partial charge in [-0.25, -0.2) is 8.78 Å². The Morgan fingerprint density at radius 2 is 1.73 bits per heavy atom. The first kappa shape index (κ1) is 17.8. The van der Waals surface area contributed by atoms with E-state index in [9.17, 15) is 23.8 Å². The Labute approximate surface area is 148 Å². The van der Waals surface area contributed by atoms with Crippen LogP contribution in [0, 0.1) is 18.6 Å². The number of benzene rings is 2. The highest BCUT2D eigenvalue weighted by molar-refractivity contribution is 5.71. The lowest BCUT2D eigenvalue weighted by Gasteiger charge is -2.19. The monoisotopic (exact) mass is 357 g/mol. The summed E-state index contributed by atoms with van der Waals surface area (Å²) in [6.07, 6.45) is 0.232. The summed E-state index contributed by atoms with van der Waals surface area (Å²) in [5, 5.41) is 19.8. The first-order chi connectivity index (χ1) is 12.3. The van der Waals surface area contributed by atoms with Crippen LogP contribution in [-0.2, 0) is 0 Å². The molecule has 0 bridgehead atoms. The van der Waals surface area contributed by atoms with Crippen LogP contribution >= 0.6 is 0 Å². The van der Waals surface area contributed by atoms with Gasteiger partial charge in [-0.1, -0.05) is 24.3 Å². The van der Waals surface area contributed by atoms with Gasteiger partial charge in [-0.3, -0.25) is 4.79 Å². The molecule has 0 aliphatic heterocycles. The van der Waals surface area contributed by atoms with E-state index in [1.165, 1.54) is 29.8 Å². The maximum atomic E-state index is 14.2. The van der Waals surface area contributed by atoms with Crippen molar-refractivity contribution in [3.05, 3.63) is 81.8 Å². The molecule has 26 heavy (non-hydrogen) atoms. The van der Waals surface area contributed by atoms with E-state index in [4.69, 9.17) is 0 Å². The number of aliphatic hydroxyl groups is 1. The SMILES string of the molecule is Cc1c(-c2cccc(F)c2F)cccc1-n1cc(O)c(=O)cc1C(C)O. The zero-order valence-corrected chi connectivity index (χ0v) is 14.2. The van der Waals surface area contributed by atoms with Crippen molar-refractivity contribution in [1.29, 1.82) is 0 Å². The molecule has 3 aromatic rings. The van der Waals surface area contributed by atoms with Gasteiger partial charge in [0.05, 0.1) is 18.0 Å². The third kappa shape index (κ3) is 2.99. The smallest absolute Gasteiger partial charge is 0.223 e. The lowest BCUT2D eigenvalue weighted by Crippen LogP contribution is -2.14. The Morgan fingerprint density at radius 1 is 1.08 bits per heavy atom. The number of hydrogen-bond donors (Lipinski definition) is 2. The number of hydrogen-bond acceptors (Lipinski definition) is 3. The van der Waals surface area contributed by atoms with E-state index in [2.05, 4.69) is 0 Å². The summed E-state index contributed by atoms with van der Waals surface area (Å²) in [5.74, 6) is -2.37. The first-order valence-corrected chi connectivity index (χ1v) is 7.99. The normalized spacial score (nSPS) is 12.2. The number of aliphatic hydroxyl groups excluding tert-OH is 1. The minimum absolute atomic E-state index is 0.105. The molecular formula is C20H17F2NO3. The van der Waals surface area contributed by atoms with Crippen molar-refractivity contribution in [3.63, 3.8) is 0 Å². The number of rotatable bonds is 3. The van der Waals surface area contributed by atoms with Crippen molar-refractivity contribution in [2.45, 2.75) is 20.0 Å². The molecule has 1 atom stereocenters. The summed E-state index contributed by atoms with van der Waals surface area (Å²) in [6.45, 7) is 3.21. The quantitative estimate of drug-likeness (QED) is 0.748. The molecular weight excluding hydrogens is 340 g/mol. The molecule has 6 heteroatoms. The second-order valence-corrected chi connectivity index (χ2v) is 6.04. The van der Waals surface area contributed by atoms with Crippen molar-refractivity contribution in [2.75, 3.05) is 0 Å². The van der Waals surface area contributed by atoms with Crippen LogP contribution in [0.4, 0.5) is 8.78 Å². The summed E-state index contributed by atoms with van der Waals surface area (Å²) >= 11 is 0. The van der Waals surface area contributed by atoms with Gasteiger partial charge in [0.15, 0.2) is 17.4 Å². The molecule has 0 spiro atoms. The fourth-order valence-electron chi connectivity index (χ4n) is 2.96. The van der Waals surface area contributed by atoms with Crippen molar-refractivity contribution in [2.24, 2.45) is 0 Å². The second-order valence-electron chi connectivity index (χ2n) is 6.04. The summed E-state index contributed by atoms with van der Waals surface area (Å²) < 4.78 is 29.3. The topological polar surface area (TPSA) is 62.5 Å². The van der Waals surface area contributed by atoms with Crippen LogP contribution in [0.5, 0.6) is 5.75 Å². The summed E-state index contributed by atoms with van der Waals surface area (Å²) in [7, 11) is 0. The van der Waals surface area contributed by atoms with Crippen LogP contribution in [0.2, 0.25) is 0 Å². The van der Waals surface area contributed by atoms with Gasteiger partial charge in [0.25, 0.3) is 0 Å². The van der Waals surface area contributed by atoms with E-state index in [-0.39, 0.29) is 11.3 Å². The van der Waals surface area contributed by atoms with Gasteiger partial charge in [0, 0.05) is 17.3 Å². The zero-order chi connectivity index (χ0) is 19.0. The number of nitrogens with zero attached hydrogens (tertiary/aromatic N) is 1. The molecule has 0 aliphatic rings. The Bertz CT molecular complexity index is 1040. The molecule has 1 heterocycles. The predicted octanol–water partition coefficient (Wildman–Crippen LogP) is 3.85. The highest BCUT2D eigenvalue weighted by Crippen LogP contribution is 2.32. The molecule has 0 saturated heterocycles. The van der Waals surface area contributed by atoms with Crippen LogP contribution in [0.3, 0.4) is 0 Å². The molecule has 2 N–H and O–H groups in total. The molecule has 4 nitrogen and oxygen atoms in total.